The quantitative estimate of drug-likeness (QED) is 0.846. The zero-order chi connectivity index (χ0) is 18.8. The van der Waals surface area contributed by atoms with Crippen LogP contribution in [0.5, 0.6) is 0 Å². The molecule has 1 N–H and O–H groups in total. The molecule has 0 bridgehead atoms. The standard InChI is InChI=1S/C20H24F2N4O/c21-16-5-6-19(18(22)10-16)26-9-7-17(24-26)13-25-8-1-2-15(12-25)20(27)23-11-14-3-4-14/h5-7,9-10,14-15H,1-4,8,11-13H2,(H,23,27). The van der Waals surface area contributed by atoms with Crippen LogP contribution in [-0.2, 0) is 11.3 Å². The molecule has 4 rings (SSSR count). The molecule has 1 aliphatic carbocycles. The van der Waals surface area contributed by atoms with Crippen molar-refractivity contribution in [2.45, 2.75) is 32.2 Å². The molecule has 1 aromatic carbocycles. The highest BCUT2D eigenvalue weighted by atomic mass is 19.1. The molecular weight excluding hydrogens is 350 g/mol. The first-order valence-electron chi connectivity index (χ1n) is 9.58. The average molecular weight is 374 g/mol. The van der Waals surface area contributed by atoms with Crippen LogP contribution in [0.4, 0.5) is 8.78 Å². The minimum absolute atomic E-state index is 0.0223. The van der Waals surface area contributed by atoms with E-state index >= 15 is 0 Å². The van der Waals surface area contributed by atoms with Gasteiger partial charge in [-0.3, -0.25) is 9.69 Å². The Labute approximate surface area is 157 Å². The molecule has 0 radical (unpaired) electrons. The number of aromatic nitrogens is 2. The van der Waals surface area contributed by atoms with Crippen molar-refractivity contribution < 1.29 is 13.6 Å². The van der Waals surface area contributed by atoms with Crippen LogP contribution < -0.4 is 5.32 Å². The number of hydrogen-bond acceptors (Lipinski definition) is 3. The summed E-state index contributed by atoms with van der Waals surface area (Å²) in [6, 6.07) is 5.28. The van der Waals surface area contributed by atoms with Gasteiger partial charge in [0.05, 0.1) is 11.6 Å². The molecule has 0 spiro atoms. The first kappa shape index (κ1) is 18.1. The molecule has 2 fully saturated rings. The first-order chi connectivity index (χ1) is 13.1. The third-order valence-corrected chi connectivity index (χ3v) is 5.32. The monoisotopic (exact) mass is 374 g/mol. The predicted molar refractivity (Wildman–Crippen MR) is 97.2 cm³/mol. The van der Waals surface area contributed by atoms with E-state index in [4.69, 9.17) is 0 Å². The minimum Gasteiger partial charge on any atom is -0.356 e. The SMILES string of the molecule is O=C(NCC1CC1)C1CCCN(Cc2ccn(-c3ccc(F)cc3F)n2)C1. The first-order valence-corrected chi connectivity index (χ1v) is 9.58. The lowest BCUT2D eigenvalue weighted by atomic mass is 9.97. The molecule has 7 heteroatoms. The second-order valence-electron chi connectivity index (χ2n) is 7.61. The lowest BCUT2D eigenvalue weighted by molar-refractivity contribution is -0.126. The Morgan fingerprint density at radius 2 is 2.07 bits per heavy atom. The molecule has 5 nitrogen and oxygen atoms in total. The van der Waals surface area contributed by atoms with Crippen molar-refractivity contribution in [3.8, 4) is 5.69 Å². The van der Waals surface area contributed by atoms with E-state index in [9.17, 15) is 13.6 Å². The van der Waals surface area contributed by atoms with Crippen molar-refractivity contribution >= 4 is 5.91 Å². The highest BCUT2D eigenvalue weighted by molar-refractivity contribution is 5.79. The molecule has 1 aliphatic heterocycles. The normalized spacial score (nSPS) is 20.6. The van der Waals surface area contributed by atoms with Crippen molar-refractivity contribution in [3.05, 3.63) is 47.8 Å². The van der Waals surface area contributed by atoms with E-state index in [0.717, 1.165) is 37.7 Å². The fraction of sp³-hybridized carbons (Fsp3) is 0.500. The predicted octanol–water partition coefficient (Wildman–Crippen LogP) is 2.89. The molecule has 144 valence electrons. The maximum absolute atomic E-state index is 13.9. The van der Waals surface area contributed by atoms with E-state index in [2.05, 4.69) is 15.3 Å². The maximum atomic E-state index is 13.9. The van der Waals surface area contributed by atoms with Crippen molar-refractivity contribution in [2.24, 2.45) is 11.8 Å². The van der Waals surface area contributed by atoms with Gasteiger partial charge in [-0.05, 0) is 56.3 Å². The fourth-order valence-electron chi connectivity index (χ4n) is 3.60. The number of nitrogens with zero attached hydrogens (tertiary/aromatic N) is 3. The van der Waals surface area contributed by atoms with E-state index < -0.39 is 11.6 Å². The van der Waals surface area contributed by atoms with Gasteiger partial charge in [0.1, 0.15) is 11.5 Å². The Morgan fingerprint density at radius 3 is 2.85 bits per heavy atom. The highest BCUT2D eigenvalue weighted by Crippen LogP contribution is 2.28. The number of rotatable bonds is 6. The van der Waals surface area contributed by atoms with Gasteiger partial charge in [-0.2, -0.15) is 5.10 Å². The summed E-state index contributed by atoms with van der Waals surface area (Å²) < 4.78 is 28.4. The largest absolute Gasteiger partial charge is 0.356 e. The second kappa shape index (κ2) is 7.76. The number of piperidine rings is 1. The van der Waals surface area contributed by atoms with Gasteiger partial charge in [-0.15, -0.1) is 0 Å². The van der Waals surface area contributed by atoms with Crippen molar-refractivity contribution in [2.75, 3.05) is 19.6 Å². The molecular formula is C20H24F2N4O. The van der Waals surface area contributed by atoms with Gasteiger partial charge in [-0.25, -0.2) is 13.5 Å². The van der Waals surface area contributed by atoms with E-state index in [-0.39, 0.29) is 17.5 Å². The topological polar surface area (TPSA) is 50.2 Å². The van der Waals surface area contributed by atoms with Gasteiger partial charge in [0.2, 0.25) is 5.91 Å². The fourth-order valence-corrected chi connectivity index (χ4v) is 3.60. The number of likely N-dealkylation sites (tertiary alicyclic amines) is 1. The molecule has 1 atom stereocenters. The second-order valence-corrected chi connectivity index (χ2v) is 7.61. The molecule has 1 amide bonds. The summed E-state index contributed by atoms with van der Waals surface area (Å²) in [5.74, 6) is -0.387. The number of benzene rings is 1. The van der Waals surface area contributed by atoms with Gasteiger partial charge in [0.25, 0.3) is 0 Å². The van der Waals surface area contributed by atoms with E-state index in [1.165, 1.54) is 29.7 Å². The van der Waals surface area contributed by atoms with Crippen molar-refractivity contribution in [1.82, 2.24) is 20.0 Å². The summed E-state index contributed by atoms with van der Waals surface area (Å²) in [7, 11) is 0. The maximum Gasteiger partial charge on any atom is 0.224 e. The number of carbonyl (C=O) groups is 1. The van der Waals surface area contributed by atoms with Crippen LogP contribution in [-0.4, -0.2) is 40.2 Å². The summed E-state index contributed by atoms with van der Waals surface area (Å²) in [5.41, 5.74) is 1.02. The number of carbonyl (C=O) groups excluding carboxylic acids is 1. The smallest absolute Gasteiger partial charge is 0.224 e. The van der Waals surface area contributed by atoms with Crippen LogP contribution in [0.25, 0.3) is 5.69 Å². The third kappa shape index (κ3) is 4.53. The molecule has 27 heavy (non-hydrogen) atoms. The lowest BCUT2D eigenvalue weighted by Gasteiger charge is -2.31. The molecule has 1 aromatic heterocycles. The van der Waals surface area contributed by atoms with Gasteiger partial charge in [0.15, 0.2) is 5.82 Å². The Balaban J connectivity index is 1.36. The third-order valence-electron chi connectivity index (χ3n) is 5.32. The number of hydrogen-bond donors (Lipinski definition) is 1. The van der Waals surface area contributed by atoms with Crippen LogP contribution in [0, 0.1) is 23.5 Å². The average Bonchev–Trinajstić information content (AvgIpc) is 3.38. The zero-order valence-electron chi connectivity index (χ0n) is 15.2. The summed E-state index contributed by atoms with van der Waals surface area (Å²) in [6.45, 7) is 3.06. The number of amides is 1. The summed E-state index contributed by atoms with van der Waals surface area (Å²) in [5, 5.41) is 7.49. The van der Waals surface area contributed by atoms with Crippen LogP contribution in [0.1, 0.15) is 31.4 Å². The van der Waals surface area contributed by atoms with E-state index in [1.807, 2.05) is 6.07 Å². The Hall–Kier alpha value is -2.28. The summed E-state index contributed by atoms with van der Waals surface area (Å²) in [4.78, 5) is 14.6. The van der Waals surface area contributed by atoms with Crippen molar-refractivity contribution in [3.63, 3.8) is 0 Å². The number of halogens is 2. The van der Waals surface area contributed by atoms with Crippen LogP contribution >= 0.6 is 0 Å². The molecule has 2 heterocycles. The molecule has 1 unspecified atom stereocenters. The molecule has 2 aromatic rings. The lowest BCUT2D eigenvalue weighted by Crippen LogP contribution is -2.43. The summed E-state index contributed by atoms with van der Waals surface area (Å²) >= 11 is 0. The Bertz CT molecular complexity index is 818. The van der Waals surface area contributed by atoms with E-state index in [1.54, 1.807) is 6.20 Å². The van der Waals surface area contributed by atoms with Crippen LogP contribution in [0.2, 0.25) is 0 Å². The molecule has 2 aliphatic rings. The Morgan fingerprint density at radius 1 is 1.22 bits per heavy atom. The highest BCUT2D eigenvalue weighted by Gasteiger charge is 2.28. The van der Waals surface area contributed by atoms with E-state index in [0.29, 0.717) is 19.0 Å². The minimum atomic E-state index is -0.643. The van der Waals surface area contributed by atoms with Gasteiger partial charge in [0, 0.05) is 31.9 Å². The number of nitrogens with one attached hydrogen (secondary N) is 1. The van der Waals surface area contributed by atoms with Crippen LogP contribution in [0.15, 0.2) is 30.5 Å². The van der Waals surface area contributed by atoms with Crippen LogP contribution in [0.3, 0.4) is 0 Å². The molecule has 1 saturated heterocycles. The van der Waals surface area contributed by atoms with Gasteiger partial charge in [-0.1, -0.05) is 0 Å². The van der Waals surface area contributed by atoms with Gasteiger partial charge >= 0.3 is 0 Å². The Kier molecular flexibility index (Phi) is 5.20. The summed E-state index contributed by atoms with van der Waals surface area (Å²) in [6.07, 6.45) is 6.04. The zero-order valence-corrected chi connectivity index (χ0v) is 15.2. The van der Waals surface area contributed by atoms with Crippen molar-refractivity contribution in [1.29, 1.82) is 0 Å². The van der Waals surface area contributed by atoms with Gasteiger partial charge < -0.3 is 5.32 Å². The molecule has 1 saturated carbocycles.